The van der Waals surface area contributed by atoms with E-state index in [0.717, 1.165) is 0 Å². The van der Waals surface area contributed by atoms with Gasteiger partial charge < -0.3 is 20.6 Å². The Balaban J connectivity index is 2.48. The van der Waals surface area contributed by atoms with Gasteiger partial charge in [-0.1, -0.05) is 0 Å². The molecule has 4 N–H and O–H groups in total. The van der Waals surface area contributed by atoms with E-state index in [-0.39, 0.29) is 11.6 Å². The van der Waals surface area contributed by atoms with Crippen molar-refractivity contribution in [3.8, 4) is 0 Å². The van der Waals surface area contributed by atoms with Gasteiger partial charge in [-0.2, -0.15) is 0 Å². The standard InChI is InChI=1S/C10H19NO3/c1-6(12)5-10(2,3)11-7-4-8(13)9(7)14/h4,6,8-9,11-14H,5H2,1-3H3. The zero-order chi connectivity index (χ0) is 10.9. The molecule has 0 amide bonds. The Morgan fingerprint density at radius 2 is 2.07 bits per heavy atom. The number of hydrogen-bond donors (Lipinski definition) is 4. The molecule has 14 heavy (non-hydrogen) atoms. The van der Waals surface area contributed by atoms with E-state index in [0.29, 0.717) is 12.1 Å². The van der Waals surface area contributed by atoms with Crippen LogP contribution in [0.25, 0.3) is 0 Å². The molecule has 0 aromatic carbocycles. The molecule has 0 aromatic rings. The van der Waals surface area contributed by atoms with Gasteiger partial charge in [-0.15, -0.1) is 0 Å². The molecule has 3 unspecified atom stereocenters. The van der Waals surface area contributed by atoms with Crippen molar-refractivity contribution in [3.05, 3.63) is 11.8 Å². The maximum absolute atomic E-state index is 9.33. The molecule has 3 atom stereocenters. The fourth-order valence-electron chi connectivity index (χ4n) is 1.74. The summed E-state index contributed by atoms with van der Waals surface area (Å²) in [5, 5.41) is 30.7. The normalized spacial score (nSPS) is 29.1. The third-order valence-electron chi connectivity index (χ3n) is 2.28. The van der Waals surface area contributed by atoms with Crippen LogP contribution in [-0.2, 0) is 0 Å². The van der Waals surface area contributed by atoms with Gasteiger partial charge in [0.25, 0.3) is 0 Å². The number of hydrogen-bond acceptors (Lipinski definition) is 4. The topological polar surface area (TPSA) is 72.7 Å². The van der Waals surface area contributed by atoms with Crippen LogP contribution >= 0.6 is 0 Å². The summed E-state index contributed by atoms with van der Waals surface area (Å²) in [7, 11) is 0. The first-order chi connectivity index (χ1) is 6.32. The highest BCUT2D eigenvalue weighted by molar-refractivity contribution is 5.24. The minimum Gasteiger partial charge on any atom is -0.393 e. The minimum atomic E-state index is -0.803. The van der Waals surface area contributed by atoms with Crippen LogP contribution < -0.4 is 5.32 Å². The smallest absolute Gasteiger partial charge is 0.123 e. The minimum absolute atomic E-state index is 0.277. The van der Waals surface area contributed by atoms with Crippen molar-refractivity contribution in [2.24, 2.45) is 0 Å². The van der Waals surface area contributed by atoms with E-state index < -0.39 is 12.2 Å². The van der Waals surface area contributed by atoms with Crippen LogP contribution in [0.4, 0.5) is 0 Å². The number of aliphatic hydroxyl groups is 3. The lowest BCUT2D eigenvalue weighted by Crippen LogP contribution is -2.50. The van der Waals surface area contributed by atoms with Gasteiger partial charge in [0.1, 0.15) is 12.2 Å². The summed E-state index contributed by atoms with van der Waals surface area (Å²) in [4.78, 5) is 0. The summed E-state index contributed by atoms with van der Waals surface area (Å²) in [6.07, 6.45) is 0.227. The van der Waals surface area contributed by atoms with Gasteiger partial charge in [-0.05, 0) is 33.3 Å². The lowest BCUT2D eigenvalue weighted by atomic mass is 9.92. The zero-order valence-corrected chi connectivity index (χ0v) is 8.86. The van der Waals surface area contributed by atoms with Gasteiger partial charge in [0.15, 0.2) is 0 Å². The van der Waals surface area contributed by atoms with E-state index in [1.165, 1.54) is 0 Å². The maximum Gasteiger partial charge on any atom is 0.123 e. The van der Waals surface area contributed by atoms with Gasteiger partial charge in [0.05, 0.1) is 6.10 Å². The average molecular weight is 201 g/mol. The van der Waals surface area contributed by atoms with Gasteiger partial charge in [-0.3, -0.25) is 0 Å². The molecule has 0 saturated heterocycles. The second kappa shape index (κ2) is 3.88. The Bertz CT molecular complexity index is 236. The number of rotatable bonds is 4. The summed E-state index contributed by atoms with van der Waals surface area (Å²) in [5.74, 6) is 0. The Morgan fingerprint density at radius 1 is 1.50 bits per heavy atom. The molecule has 4 nitrogen and oxygen atoms in total. The van der Waals surface area contributed by atoms with Crippen molar-refractivity contribution in [1.29, 1.82) is 0 Å². The first-order valence-electron chi connectivity index (χ1n) is 4.86. The van der Waals surface area contributed by atoms with Crippen LogP contribution in [0, 0.1) is 0 Å². The number of nitrogens with one attached hydrogen (secondary N) is 1. The molecular formula is C10H19NO3. The van der Waals surface area contributed by atoms with Crippen LogP contribution in [0.1, 0.15) is 27.2 Å². The van der Waals surface area contributed by atoms with Crippen LogP contribution in [0.2, 0.25) is 0 Å². The van der Waals surface area contributed by atoms with Crippen molar-refractivity contribution in [2.75, 3.05) is 0 Å². The first-order valence-corrected chi connectivity index (χ1v) is 4.86. The molecule has 0 fully saturated rings. The number of aliphatic hydroxyl groups excluding tert-OH is 3. The Morgan fingerprint density at radius 3 is 2.43 bits per heavy atom. The highest BCUT2D eigenvalue weighted by atomic mass is 16.3. The van der Waals surface area contributed by atoms with Crippen molar-refractivity contribution < 1.29 is 15.3 Å². The average Bonchev–Trinajstić information content (AvgIpc) is 2.00. The summed E-state index contributed by atoms with van der Waals surface area (Å²) in [5.41, 5.74) is 0.365. The fraction of sp³-hybridized carbons (Fsp3) is 0.800. The third kappa shape index (κ3) is 2.70. The summed E-state index contributed by atoms with van der Waals surface area (Å²) < 4.78 is 0. The summed E-state index contributed by atoms with van der Waals surface area (Å²) in [6.45, 7) is 5.61. The van der Waals surface area contributed by atoms with Crippen LogP contribution in [0.15, 0.2) is 11.8 Å². The highest BCUT2D eigenvalue weighted by Gasteiger charge is 2.32. The monoisotopic (exact) mass is 201 g/mol. The molecule has 4 heteroatoms. The van der Waals surface area contributed by atoms with E-state index in [1.807, 2.05) is 13.8 Å². The molecule has 0 spiro atoms. The molecule has 82 valence electrons. The second-order valence-corrected chi connectivity index (χ2v) is 4.62. The van der Waals surface area contributed by atoms with Gasteiger partial charge in [0, 0.05) is 11.2 Å². The molecule has 0 saturated carbocycles. The lowest BCUT2D eigenvalue weighted by molar-refractivity contribution is 0.0365. The fourth-order valence-corrected chi connectivity index (χ4v) is 1.74. The molecule has 0 aliphatic heterocycles. The van der Waals surface area contributed by atoms with Crippen molar-refractivity contribution in [3.63, 3.8) is 0 Å². The summed E-state index contributed by atoms with van der Waals surface area (Å²) in [6, 6.07) is 0. The Hall–Kier alpha value is -0.580. The predicted molar refractivity (Wildman–Crippen MR) is 53.6 cm³/mol. The van der Waals surface area contributed by atoms with Crippen LogP contribution in [-0.4, -0.2) is 39.2 Å². The van der Waals surface area contributed by atoms with E-state index in [9.17, 15) is 10.2 Å². The largest absolute Gasteiger partial charge is 0.393 e. The molecule has 1 rings (SSSR count). The summed E-state index contributed by atoms with van der Waals surface area (Å²) >= 11 is 0. The van der Waals surface area contributed by atoms with E-state index in [2.05, 4.69) is 5.32 Å². The van der Waals surface area contributed by atoms with E-state index in [1.54, 1.807) is 13.0 Å². The van der Waals surface area contributed by atoms with Crippen molar-refractivity contribution in [2.45, 2.75) is 51.0 Å². The highest BCUT2D eigenvalue weighted by Crippen LogP contribution is 2.22. The zero-order valence-electron chi connectivity index (χ0n) is 8.86. The molecular weight excluding hydrogens is 182 g/mol. The Kier molecular flexibility index (Phi) is 3.19. The SMILES string of the molecule is CC(O)CC(C)(C)NC1=CC(O)C1O. The molecule has 1 aliphatic rings. The lowest BCUT2D eigenvalue weighted by Gasteiger charge is -2.37. The Labute approximate surface area is 84.3 Å². The molecule has 0 bridgehead atoms. The molecule has 0 aromatic heterocycles. The third-order valence-corrected chi connectivity index (χ3v) is 2.28. The van der Waals surface area contributed by atoms with Crippen LogP contribution in [0.5, 0.6) is 0 Å². The quantitative estimate of drug-likeness (QED) is 0.506. The van der Waals surface area contributed by atoms with Crippen molar-refractivity contribution >= 4 is 0 Å². The maximum atomic E-state index is 9.33. The molecule has 0 radical (unpaired) electrons. The molecule has 1 aliphatic carbocycles. The van der Waals surface area contributed by atoms with E-state index >= 15 is 0 Å². The van der Waals surface area contributed by atoms with E-state index in [4.69, 9.17) is 5.11 Å². The van der Waals surface area contributed by atoms with Gasteiger partial charge in [-0.25, -0.2) is 0 Å². The first kappa shape index (κ1) is 11.5. The van der Waals surface area contributed by atoms with Gasteiger partial charge in [0.2, 0.25) is 0 Å². The van der Waals surface area contributed by atoms with Crippen LogP contribution in [0.3, 0.4) is 0 Å². The molecule has 0 heterocycles. The van der Waals surface area contributed by atoms with Gasteiger partial charge >= 0.3 is 0 Å². The van der Waals surface area contributed by atoms with Crippen molar-refractivity contribution in [1.82, 2.24) is 5.32 Å². The predicted octanol–water partition coefficient (Wildman–Crippen LogP) is -0.255. The second-order valence-electron chi connectivity index (χ2n) is 4.62.